The first kappa shape index (κ1) is 15.8. The van der Waals surface area contributed by atoms with Gasteiger partial charge in [0.05, 0.1) is 19.3 Å². The van der Waals surface area contributed by atoms with Crippen LogP contribution in [0.1, 0.15) is 58.3 Å². The van der Waals surface area contributed by atoms with E-state index in [-0.39, 0.29) is 5.97 Å². The molecule has 4 heteroatoms. The molecule has 0 aromatic rings. The van der Waals surface area contributed by atoms with Crippen molar-refractivity contribution >= 4 is 5.97 Å². The third-order valence-corrected chi connectivity index (χ3v) is 4.48. The number of unbranched alkanes of at least 4 members (excludes halogenated alkanes) is 2. The third-order valence-electron chi connectivity index (χ3n) is 4.48. The Labute approximate surface area is 122 Å². The molecule has 2 fully saturated rings. The van der Waals surface area contributed by atoms with Crippen LogP contribution in [0.2, 0.25) is 0 Å². The summed E-state index contributed by atoms with van der Waals surface area (Å²) in [6.45, 7) is 5.49. The zero-order valence-corrected chi connectivity index (χ0v) is 12.8. The van der Waals surface area contributed by atoms with Gasteiger partial charge in [0, 0.05) is 19.0 Å². The van der Waals surface area contributed by atoms with Crippen LogP contribution in [-0.2, 0) is 14.3 Å². The van der Waals surface area contributed by atoms with Gasteiger partial charge in [-0.15, -0.1) is 0 Å². The molecule has 0 amide bonds. The molecule has 0 aromatic heterocycles. The van der Waals surface area contributed by atoms with Gasteiger partial charge in [-0.25, -0.2) is 0 Å². The first-order valence-corrected chi connectivity index (χ1v) is 8.32. The van der Waals surface area contributed by atoms with Crippen molar-refractivity contribution in [3.05, 3.63) is 0 Å². The summed E-state index contributed by atoms with van der Waals surface area (Å²) < 4.78 is 10.8. The maximum atomic E-state index is 11.2. The molecule has 0 N–H and O–H groups in total. The quantitative estimate of drug-likeness (QED) is 0.532. The molecular formula is C16H29NO3. The molecule has 0 radical (unpaired) electrons. The van der Waals surface area contributed by atoms with E-state index in [1.807, 2.05) is 6.92 Å². The second kappa shape index (κ2) is 8.63. The number of fused-ring (bicyclic) bond motifs is 1. The van der Waals surface area contributed by atoms with Crippen molar-refractivity contribution in [2.45, 2.75) is 70.4 Å². The van der Waals surface area contributed by atoms with Gasteiger partial charge in [-0.3, -0.25) is 9.69 Å². The van der Waals surface area contributed by atoms with Crippen LogP contribution < -0.4 is 0 Å². The fourth-order valence-electron chi connectivity index (χ4n) is 3.45. The van der Waals surface area contributed by atoms with Gasteiger partial charge in [0.25, 0.3) is 0 Å². The van der Waals surface area contributed by atoms with Gasteiger partial charge in [-0.05, 0) is 39.2 Å². The van der Waals surface area contributed by atoms with Crippen LogP contribution >= 0.6 is 0 Å². The van der Waals surface area contributed by atoms with Crippen molar-refractivity contribution in [2.24, 2.45) is 0 Å². The second-order valence-electron chi connectivity index (χ2n) is 5.91. The number of esters is 1. The van der Waals surface area contributed by atoms with Crippen LogP contribution in [0.15, 0.2) is 0 Å². The number of rotatable bonds is 7. The molecule has 20 heavy (non-hydrogen) atoms. The summed E-state index contributed by atoms with van der Waals surface area (Å²) >= 11 is 0. The summed E-state index contributed by atoms with van der Waals surface area (Å²) in [5.74, 6) is -0.0498. The summed E-state index contributed by atoms with van der Waals surface area (Å²) in [7, 11) is 0. The van der Waals surface area contributed by atoms with E-state index in [4.69, 9.17) is 9.47 Å². The van der Waals surface area contributed by atoms with Crippen molar-refractivity contribution in [2.75, 3.05) is 26.3 Å². The topological polar surface area (TPSA) is 38.8 Å². The van der Waals surface area contributed by atoms with E-state index < -0.39 is 0 Å². The van der Waals surface area contributed by atoms with Crippen molar-refractivity contribution in [1.29, 1.82) is 0 Å². The number of hydrogen-bond acceptors (Lipinski definition) is 4. The van der Waals surface area contributed by atoms with Crippen LogP contribution in [0.4, 0.5) is 0 Å². The van der Waals surface area contributed by atoms with Crippen molar-refractivity contribution < 1.29 is 14.3 Å². The number of morpholine rings is 1. The van der Waals surface area contributed by atoms with E-state index in [0.29, 0.717) is 25.2 Å². The third kappa shape index (κ3) is 4.74. The SMILES string of the molecule is CCOC(=O)CCCCCN1CCOC2CCCCC21. The van der Waals surface area contributed by atoms with Crippen LogP contribution in [0, 0.1) is 0 Å². The molecule has 4 nitrogen and oxygen atoms in total. The molecule has 2 aliphatic rings. The largest absolute Gasteiger partial charge is 0.466 e. The summed E-state index contributed by atoms with van der Waals surface area (Å²) in [4.78, 5) is 13.9. The average molecular weight is 283 g/mol. The molecule has 1 saturated carbocycles. The summed E-state index contributed by atoms with van der Waals surface area (Å²) in [6, 6.07) is 0.655. The predicted molar refractivity (Wildman–Crippen MR) is 78.7 cm³/mol. The highest BCUT2D eigenvalue weighted by molar-refractivity contribution is 5.69. The molecule has 2 unspecified atom stereocenters. The van der Waals surface area contributed by atoms with Crippen molar-refractivity contribution in [1.82, 2.24) is 4.90 Å². The molecule has 1 heterocycles. The van der Waals surface area contributed by atoms with Gasteiger partial charge in [0.2, 0.25) is 0 Å². The first-order chi connectivity index (χ1) is 9.81. The van der Waals surface area contributed by atoms with E-state index in [9.17, 15) is 4.79 Å². The number of ether oxygens (including phenoxy) is 2. The Morgan fingerprint density at radius 2 is 2.10 bits per heavy atom. The minimum absolute atomic E-state index is 0.0498. The van der Waals surface area contributed by atoms with Gasteiger partial charge in [-0.1, -0.05) is 19.3 Å². The number of carbonyl (C=O) groups excluding carboxylic acids is 1. The van der Waals surface area contributed by atoms with Crippen molar-refractivity contribution in [3.8, 4) is 0 Å². The van der Waals surface area contributed by atoms with E-state index in [1.165, 1.54) is 32.1 Å². The zero-order valence-electron chi connectivity index (χ0n) is 12.8. The molecule has 1 aliphatic carbocycles. The molecule has 2 rings (SSSR count). The highest BCUT2D eigenvalue weighted by Crippen LogP contribution is 2.28. The van der Waals surface area contributed by atoms with Gasteiger partial charge in [0.1, 0.15) is 0 Å². The van der Waals surface area contributed by atoms with E-state index >= 15 is 0 Å². The Morgan fingerprint density at radius 1 is 1.25 bits per heavy atom. The maximum Gasteiger partial charge on any atom is 0.305 e. The van der Waals surface area contributed by atoms with E-state index in [1.54, 1.807) is 0 Å². The Bertz CT molecular complexity index is 293. The fraction of sp³-hybridized carbons (Fsp3) is 0.938. The van der Waals surface area contributed by atoms with Gasteiger partial charge >= 0.3 is 5.97 Å². The lowest BCUT2D eigenvalue weighted by atomic mass is 9.90. The van der Waals surface area contributed by atoms with Crippen LogP contribution in [-0.4, -0.2) is 49.3 Å². The number of hydrogen-bond donors (Lipinski definition) is 0. The zero-order chi connectivity index (χ0) is 14.2. The van der Waals surface area contributed by atoms with E-state index in [2.05, 4.69) is 4.90 Å². The molecule has 0 bridgehead atoms. The highest BCUT2D eigenvalue weighted by Gasteiger charge is 2.33. The monoisotopic (exact) mass is 283 g/mol. The Hall–Kier alpha value is -0.610. The number of nitrogens with zero attached hydrogens (tertiary/aromatic N) is 1. The normalized spacial score (nSPS) is 27.1. The van der Waals surface area contributed by atoms with E-state index in [0.717, 1.165) is 32.5 Å². The molecule has 1 saturated heterocycles. The van der Waals surface area contributed by atoms with Crippen LogP contribution in [0.3, 0.4) is 0 Å². The lowest BCUT2D eigenvalue weighted by molar-refractivity contribution is -0.143. The summed E-state index contributed by atoms with van der Waals surface area (Å²) in [5, 5.41) is 0. The molecular weight excluding hydrogens is 254 g/mol. The lowest BCUT2D eigenvalue weighted by Crippen LogP contribution is -2.52. The first-order valence-electron chi connectivity index (χ1n) is 8.32. The molecule has 2 atom stereocenters. The molecule has 116 valence electrons. The molecule has 0 aromatic carbocycles. The smallest absolute Gasteiger partial charge is 0.305 e. The van der Waals surface area contributed by atoms with Gasteiger partial charge in [-0.2, -0.15) is 0 Å². The predicted octanol–water partition coefficient (Wildman–Crippen LogP) is 2.75. The lowest BCUT2D eigenvalue weighted by Gasteiger charge is -2.43. The Balaban J connectivity index is 1.59. The molecule has 1 aliphatic heterocycles. The van der Waals surface area contributed by atoms with Gasteiger partial charge < -0.3 is 9.47 Å². The van der Waals surface area contributed by atoms with Crippen LogP contribution in [0.25, 0.3) is 0 Å². The maximum absolute atomic E-state index is 11.2. The Kier molecular flexibility index (Phi) is 6.80. The minimum Gasteiger partial charge on any atom is -0.466 e. The minimum atomic E-state index is -0.0498. The number of carbonyl (C=O) groups is 1. The van der Waals surface area contributed by atoms with Gasteiger partial charge in [0.15, 0.2) is 0 Å². The average Bonchev–Trinajstić information content (AvgIpc) is 2.47. The standard InChI is InChI=1S/C16H29NO3/c1-2-19-16(18)10-4-3-7-11-17-12-13-20-15-9-6-5-8-14(15)17/h14-15H,2-13H2,1H3. The summed E-state index contributed by atoms with van der Waals surface area (Å²) in [5.41, 5.74) is 0. The molecule has 0 spiro atoms. The Morgan fingerprint density at radius 3 is 2.95 bits per heavy atom. The highest BCUT2D eigenvalue weighted by atomic mass is 16.5. The van der Waals surface area contributed by atoms with Crippen molar-refractivity contribution in [3.63, 3.8) is 0 Å². The van der Waals surface area contributed by atoms with Crippen LogP contribution in [0.5, 0.6) is 0 Å². The summed E-state index contributed by atoms with van der Waals surface area (Å²) in [6.07, 6.45) is 9.53. The second-order valence-corrected chi connectivity index (χ2v) is 5.91. The fourth-order valence-corrected chi connectivity index (χ4v) is 3.45.